The highest BCUT2D eigenvalue weighted by atomic mass is 32.2. The van der Waals surface area contributed by atoms with Gasteiger partial charge in [-0.1, -0.05) is 0 Å². The van der Waals surface area contributed by atoms with Crippen LogP contribution < -0.4 is 0 Å². The predicted molar refractivity (Wildman–Crippen MR) is 68.1 cm³/mol. The molecule has 0 unspecified atom stereocenters. The van der Waals surface area contributed by atoms with Gasteiger partial charge in [0, 0.05) is 26.0 Å². The van der Waals surface area contributed by atoms with Gasteiger partial charge in [-0.3, -0.25) is 9.78 Å². The van der Waals surface area contributed by atoms with E-state index in [0.717, 1.165) is 0 Å². The van der Waals surface area contributed by atoms with Gasteiger partial charge in [-0.05, 0) is 13.3 Å². The van der Waals surface area contributed by atoms with Gasteiger partial charge in [0.1, 0.15) is 15.5 Å². The summed E-state index contributed by atoms with van der Waals surface area (Å²) < 4.78 is 21.9. The normalized spacial score (nSPS) is 11.3. The van der Waals surface area contributed by atoms with Crippen LogP contribution in [-0.4, -0.2) is 54.8 Å². The minimum absolute atomic E-state index is 0.0735. The Labute approximate surface area is 107 Å². The SMILES string of the molecule is Cc1cncc(C(=O)N(C)CCCS(C)(=O)=O)n1. The summed E-state index contributed by atoms with van der Waals surface area (Å²) in [6, 6.07) is 0. The van der Waals surface area contributed by atoms with E-state index < -0.39 is 9.84 Å². The Bertz CT molecular complexity index is 528. The summed E-state index contributed by atoms with van der Waals surface area (Å²) >= 11 is 0. The largest absolute Gasteiger partial charge is 0.340 e. The first-order chi connectivity index (χ1) is 8.29. The molecule has 1 rings (SSSR count). The highest BCUT2D eigenvalue weighted by Crippen LogP contribution is 2.01. The first-order valence-corrected chi connectivity index (χ1v) is 7.57. The zero-order valence-electron chi connectivity index (χ0n) is 10.8. The van der Waals surface area contributed by atoms with Crippen LogP contribution in [0.15, 0.2) is 12.4 Å². The van der Waals surface area contributed by atoms with Gasteiger partial charge >= 0.3 is 0 Å². The number of sulfone groups is 1. The molecule has 0 aliphatic carbocycles. The van der Waals surface area contributed by atoms with E-state index in [-0.39, 0.29) is 17.4 Å². The molecular formula is C11H17N3O3S. The van der Waals surface area contributed by atoms with Gasteiger partial charge in [0.25, 0.3) is 5.91 Å². The molecule has 0 atom stereocenters. The maximum atomic E-state index is 11.9. The molecule has 1 heterocycles. The number of aromatic nitrogens is 2. The Hall–Kier alpha value is -1.50. The number of aryl methyl sites for hydroxylation is 1. The fourth-order valence-corrected chi connectivity index (χ4v) is 2.08. The van der Waals surface area contributed by atoms with Gasteiger partial charge in [-0.15, -0.1) is 0 Å². The van der Waals surface area contributed by atoms with Gasteiger partial charge in [0.05, 0.1) is 17.6 Å². The van der Waals surface area contributed by atoms with Crippen molar-refractivity contribution in [2.45, 2.75) is 13.3 Å². The molecule has 0 bridgehead atoms. The van der Waals surface area contributed by atoms with Crippen molar-refractivity contribution in [1.29, 1.82) is 0 Å². The summed E-state index contributed by atoms with van der Waals surface area (Å²) in [6.45, 7) is 2.13. The van der Waals surface area contributed by atoms with Crippen molar-refractivity contribution in [3.8, 4) is 0 Å². The summed E-state index contributed by atoms with van der Waals surface area (Å²) in [7, 11) is -1.36. The van der Waals surface area contributed by atoms with E-state index in [4.69, 9.17) is 0 Å². The minimum Gasteiger partial charge on any atom is -0.340 e. The Morgan fingerprint density at radius 2 is 2.06 bits per heavy atom. The van der Waals surface area contributed by atoms with E-state index in [9.17, 15) is 13.2 Å². The molecule has 7 heteroatoms. The standard InChI is InChI=1S/C11H17N3O3S/c1-9-7-12-8-10(13-9)11(15)14(2)5-4-6-18(3,16)17/h7-8H,4-6H2,1-3H3. The zero-order valence-corrected chi connectivity index (χ0v) is 11.6. The van der Waals surface area contributed by atoms with Crippen LogP contribution in [0.2, 0.25) is 0 Å². The highest BCUT2D eigenvalue weighted by molar-refractivity contribution is 7.90. The Balaban J connectivity index is 2.57. The second-order valence-corrected chi connectivity index (χ2v) is 6.52. The lowest BCUT2D eigenvalue weighted by molar-refractivity contribution is 0.0789. The second-order valence-electron chi connectivity index (χ2n) is 4.26. The molecule has 0 aliphatic heterocycles. The van der Waals surface area contributed by atoms with E-state index in [2.05, 4.69) is 9.97 Å². The maximum absolute atomic E-state index is 11.9. The predicted octanol–water partition coefficient (Wildman–Crippen LogP) is 0.292. The number of carbonyl (C=O) groups is 1. The number of rotatable bonds is 5. The zero-order chi connectivity index (χ0) is 13.8. The monoisotopic (exact) mass is 271 g/mol. The molecule has 18 heavy (non-hydrogen) atoms. The van der Waals surface area contributed by atoms with Crippen molar-refractivity contribution < 1.29 is 13.2 Å². The molecule has 0 saturated heterocycles. The van der Waals surface area contributed by atoms with Crippen LogP contribution in [0.5, 0.6) is 0 Å². The van der Waals surface area contributed by atoms with Crippen LogP contribution in [0.1, 0.15) is 22.6 Å². The van der Waals surface area contributed by atoms with Crippen molar-refractivity contribution in [2.24, 2.45) is 0 Å². The van der Waals surface area contributed by atoms with Crippen molar-refractivity contribution in [1.82, 2.24) is 14.9 Å². The van der Waals surface area contributed by atoms with Crippen molar-refractivity contribution in [3.05, 3.63) is 23.8 Å². The molecule has 0 radical (unpaired) electrons. The lowest BCUT2D eigenvalue weighted by Crippen LogP contribution is -2.29. The highest BCUT2D eigenvalue weighted by Gasteiger charge is 2.14. The second kappa shape index (κ2) is 5.90. The smallest absolute Gasteiger partial charge is 0.273 e. The lowest BCUT2D eigenvalue weighted by atomic mass is 10.3. The summed E-state index contributed by atoms with van der Waals surface area (Å²) in [4.78, 5) is 21.4. The maximum Gasteiger partial charge on any atom is 0.273 e. The average Bonchev–Trinajstić information content (AvgIpc) is 2.26. The van der Waals surface area contributed by atoms with Crippen LogP contribution in [0.3, 0.4) is 0 Å². The third kappa shape index (κ3) is 4.79. The van der Waals surface area contributed by atoms with E-state index in [1.165, 1.54) is 17.4 Å². The molecule has 1 amide bonds. The van der Waals surface area contributed by atoms with Crippen molar-refractivity contribution in [2.75, 3.05) is 25.6 Å². The Morgan fingerprint density at radius 1 is 1.39 bits per heavy atom. The minimum atomic E-state index is -2.98. The molecule has 0 fully saturated rings. The molecule has 1 aromatic rings. The van der Waals surface area contributed by atoms with Crippen LogP contribution in [-0.2, 0) is 9.84 Å². The Kier molecular flexibility index (Phi) is 4.77. The van der Waals surface area contributed by atoms with Crippen LogP contribution in [0.4, 0.5) is 0 Å². The molecule has 0 saturated carbocycles. The van der Waals surface area contributed by atoms with Gasteiger partial charge in [0.15, 0.2) is 0 Å². The molecule has 0 N–H and O–H groups in total. The summed E-state index contributed by atoms with van der Waals surface area (Å²) in [5.41, 5.74) is 0.947. The summed E-state index contributed by atoms with van der Waals surface area (Å²) in [5.74, 6) is -0.177. The number of amides is 1. The third-order valence-corrected chi connectivity index (χ3v) is 3.36. The average molecular weight is 271 g/mol. The van der Waals surface area contributed by atoms with E-state index >= 15 is 0 Å². The molecule has 1 aromatic heterocycles. The third-order valence-electron chi connectivity index (χ3n) is 2.33. The van der Waals surface area contributed by atoms with Gasteiger partial charge < -0.3 is 4.90 Å². The fourth-order valence-electron chi connectivity index (χ4n) is 1.43. The van der Waals surface area contributed by atoms with E-state index in [0.29, 0.717) is 18.7 Å². The number of hydrogen-bond donors (Lipinski definition) is 0. The topological polar surface area (TPSA) is 80.2 Å². The van der Waals surface area contributed by atoms with E-state index in [1.54, 1.807) is 20.2 Å². The van der Waals surface area contributed by atoms with Crippen molar-refractivity contribution in [3.63, 3.8) is 0 Å². The Morgan fingerprint density at radius 3 is 2.61 bits per heavy atom. The number of carbonyl (C=O) groups excluding carboxylic acids is 1. The number of nitrogens with zero attached hydrogens (tertiary/aromatic N) is 3. The summed E-state index contributed by atoms with van der Waals surface area (Å²) in [5, 5.41) is 0. The molecule has 6 nitrogen and oxygen atoms in total. The lowest BCUT2D eigenvalue weighted by Gasteiger charge is -2.16. The molecular weight excluding hydrogens is 254 g/mol. The van der Waals surface area contributed by atoms with Crippen LogP contribution >= 0.6 is 0 Å². The van der Waals surface area contributed by atoms with Crippen LogP contribution in [0, 0.1) is 6.92 Å². The summed E-state index contributed by atoms with van der Waals surface area (Å²) in [6.07, 6.45) is 4.57. The van der Waals surface area contributed by atoms with Gasteiger partial charge in [-0.25, -0.2) is 13.4 Å². The van der Waals surface area contributed by atoms with Gasteiger partial charge in [-0.2, -0.15) is 0 Å². The molecule has 0 spiro atoms. The van der Waals surface area contributed by atoms with Gasteiger partial charge in [0.2, 0.25) is 0 Å². The molecule has 0 aromatic carbocycles. The first kappa shape index (κ1) is 14.6. The first-order valence-electron chi connectivity index (χ1n) is 5.51. The van der Waals surface area contributed by atoms with Crippen LogP contribution in [0.25, 0.3) is 0 Å². The van der Waals surface area contributed by atoms with E-state index in [1.807, 2.05) is 0 Å². The molecule has 100 valence electrons. The number of hydrogen-bond acceptors (Lipinski definition) is 5. The quantitative estimate of drug-likeness (QED) is 0.769. The van der Waals surface area contributed by atoms with Crippen molar-refractivity contribution >= 4 is 15.7 Å². The molecule has 0 aliphatic rings. The fraction of sp³-hybridized carbons (Fsp3) is 0.545.